The van der Waals surface area contributed by atoms with Crippen LogP contribution in [0.3, 0.4) is 0 Å². The van der Waals surface area contributed by atoms with Gasteiger partial charge >= 0.3 is 0 Å². The van der Waals surface area contributed by atoms with Crippen molar-refractivity contribution in [2.45, 2.75) is 39.8 Å². The van der Waals surface area contributed by atoms with Crippen molar-refractivity contribution < 1.29 is 9.59 Å². The van der Waals surface area contributed by atoms with Crippen molar-refractivity contribution in [3.8, 4) is 0 Å². The number of para-hydroxylation sites is 1. The average molecular weight is 522 g/mol. The summed E-state index contributed by atoms with van der Waals surface area (Å²) in [6.07, 6.45) is 0. The Kier molecular flexibility index (Phi) is 7.18. The number of amides is 2. The Labute approximate surface area is 216 Å². The number of rotatable bonds is 6. The van der Waals surface area contributed by atoms with Gasteiger partial charge in [0.1, 0.15) is 4.83 Å². The molecule has 4 aromatic rings. The number of aryl methyl sites for hydroxylation is 5. The molecule has 0 spiro atoms. The molecule has 2 heterocycles. The zero-order valence-electron chi connectivity index (χ0n) is 20.7. The quantitative estimate of drug-likeness (QED) is 0.192. The molecule has 0 radical (unpaired) electrons. The summed E-state index contributed by atoms with van der Waals surface area (Å²) in [4.78, 5) is 44.0. The number of hydrogen-bond acceptors (Lipinski definition) is 7. The van der Waals surface area contributed by atoms with Crippen LogP contribution in [0, 0.1) is 34.6 Å². The molecule has 4 N–H and O–H groups in total. The number of carbonyl (C=O) groups is 2. The molecule has 0 bridgehead atoms. The van der Waals surface area contributed by atoms with Crippen molar-refractivity contribution in [3.05, 3.63) is 79.4 Å². The Morgan fingerprint density at radius 3 is 2.39 bits per heavy atom. The van der Waals surface area contributed by atoms with Crippen LogP contribution < -0.4 is 22.0 Å². The summed E-state index contributed by atoms with van der Waals surface area (Å²) in [6, 6.07) is 11.6. The third kappa shape index (κ3) is 5.00. The number of nitrogens with two attached hydrogens (primary N) is 1. The van der Waals surface area contributed by atoms with Gasteiger partial charge in [0.15, 0.2) is 5.16 Å². The Morgan fingerprint density at radius 1 is 1.03 bits per heavy atom. The lowest BCUT2D eigenvalue weighted by atomic mass is 10.1. The molecule has 0 fully saturated rings. The molecule has 4 rings (SSSR count). The van der Waals surface area contributed by atoms with Crippen LogP contribution in [0.5, 0.6) is 0 Å². The first-order chi connectivity index (χ1) is 17.1. The van der Waals surface area contributed by atoms with Crippen LogP contribution in [0.15, 0.2) is 46.3 Å². The minimum atomic E-state index is -0.461. The zero-order valence-corrected chi connectivity index (χ0v) is 22.3. The monoisotopic (exact) mass is 521 g/mol. The van der Waals surface area contributed by atoms with Gasteiger partial charge in [-0.05, 0) is 62.9 Å². The lowest BCUT2D eigenvalue weighted by Crippen LogP contribution is -2.30. The van der Waals surface area contributed by atoms with Gasteiger partial charge in [-0.1, -0.05) is 47.7 Å². The second kappa shape index (κ2) is 10.2. The largest absolute Gasteiger partial charge is 0.334 e. The maximum Gasteiger partial charge on any atom is 0.281 e. The number of thioether (sulfide) groups is 1. The molecule has 186 valence electrons. The first-order valence-corrected chi connectivity index (χ1v) is 13.1. The molecule has 0 aliphatic heterocycles. The van der Waals surface area contributed by atoms with Crippen molar-refractivity contribution in [3.63, 3.8) is 0 Å². The highest BCUT2D eigenvalue weighted by atomic mass is 32.2. The highest BCUT2D eigenvalue weighted by molar-refractivity contribution is 7.99. The fourth-order valence-corrected chi connectivity index (χ4v) is 5.78. The topological polar surface area (TPSA) is 119 Å². The minimum absolute atomic E-state index is 0.0212. The van der Waals surface area contributed by atoms with Crippen LogP contribution in [-0.2, 0) is 4.79 Å². The van der Waals surface area contributed by atoms with Gasteiger partial charge in [-0.2, -0.15) is 0 Å². The number of fused-ring (bicyclic) bond motifs is 1. The number of nitrogens with one attached hydrogen (secondary N) is 2. The Morgan fingerprint density at radius 2 is 1.72 bits per heavy atom. The van der Waals surface area contributed by atoms with E-state index in [0.717, 1.165) is 55.7 Å². The van der Waals surface area contributed by atoms with E-state index in [4.69, 9.17) is 5.84 Å². The smallest absolute Gasteiger partial charge is 0.281 e. The Bertz CT molecular complexity index is 1550. The van der Waals surface area contributed by atoms with Gasteiger partial charge in [-0.25, -0.2) is 9.66 Å². The minimum Gasteiger partial charge on any atom is -0.334 e. The molecule has 0 saturated carbocycles. The number of nitrogen functional groups attached to an aromatic ring is 1. The van der Waals surface area contributed by atoms with E-state index >= 15 is 0 Å². The number of carbonyl (C=O) groups excluding carboxylic acids is 2. The first-order valence-electron chi connectivity index (χ1n) is 11.3. The highest BCUT2D eigenvalue weighted by Gasteiger charge is 2.22. The predicted octanol–water partition coefficient (Wildman–Crippen LogP) is 4.70. The molecular formula is C26H27N5O3S2. The van der Waals surface area contributed by atoms with E-state index in [-0.39, 0.29) is 22.7 Å². The molecule has 10 heteroatoms. The average Bonchev–Trinajstić information content (AvgIpc) is 3.16. The normalized spacial score (nSPS) is 11.0. The van der Waals surface area contributed by atoms with Crippen LogP contribution in [0.4, 0.5) is 11.4 Å². The molecule has 2 amide bonds. The van der Waals surface area contributed by atoms with Crippen molar-refractivity contribution in [1.29, 1.82) is 0 Å². The summed E-state index contributed by atoms with van der Waals surface area (Å²) in [5.41, 5.74) is 5.51. The van der Waals surface area contributed by atoms with Crippen molar-refractivity contribution in [2.24, 2.45) is 0 Å². The Hall–Kier alpha value is -3.63. The van der Waals surface area contributed by atoms with Gasteiger partial charge in [0.2, 0.25) is 5.91 Å². The fourth-order valence-electron chi connectivity index (χ4n) is 3.95. The third-order valence-corrected chi connectivity index (χ3v) is 8.02. The van der Waals surface area contributed by atoms with Crippen LogP contribution in [0.25, 0.3) is 10.2 Å². The SMILES string of the molecule is Cc1ccc(NC(=O)c2sc3nc(SCC(=O)Nc4c(C)cccc4C)n(N)c(=O)c3c2C)c(C)c1. The number of thiophene rings is 1. The molecule has 8 nitrogen and oxygen atoms in total. The van der Waals surface area contributed by atoms with E-state index in [1.54, 1.807) is 6.92 Å². The van der Waals surface area contributed by atoms with E-state index in [1.807, 2.05) is 64.1 Å². The molecule has 0 atom stereocenters. The van der Waals surface area contributed by atoms with Gasteiger partial charge in [-0.3, -0.25) is 14.4 Å². The highest BCUT2D eigenvalue weighted by Crippen LogP contribution is 2.30. The van der Waals surface area contributed by atoms with Crippen molar-refractivity contribution in [1.82, 2.24) is 9.66 Å². The summed E-state index contributed by atoms with van der Waals surface area (Å²) >= 11 is 2.20. The molecule has 0 aliphatic carbocycles. The molecule has 36 heavy (non-hydrogen) atoms. The molecule has 2 aromatic carbocycles. The molecule has 0 aliphatic rings. The van der Waals surface area contributed by atoms with E-state index in [1.165, 1.54) is 0 Å². The summed E-state index contributed by atoms with van der Waals surface area (Å²) in [7, 11) is 0. The fraction of sp³-hybridized carbons (Fsp3) is 0.231. The maximum absolute atomic E-state index is 13.0. The second-order valence-electron chi connectivity index (χ2n) is 8.68. The van der Waals surface area contributed by atoms with E-state index in [9.17, 15) is 14.4 Å². The Balaban J connectivity index is 1.57. The third-order valence-electron chi connectivity index (χ3n) is 5.88. The van der Waals surface area contributed by atoms with Crippen LogP contribution >= 0.6 is 23.1 Å². The number of benzene rings is 2. The van der Waals surface area contributed by atoms with Crippen LogP contribution in [0.2, 0.25) is 0 Å². The zero-order chi connectivity index (χ0) is 26.1. The molecule has 0 saturated heterocycles. The summed E-state index contributed by atoms with van der Waals surface area (Å²) in [5.74, 6) is 5.52. The number of hydrogen-bond donors (Lipinski definition) is 3. The second-order valence-corrected chi connectivity index (χ2v) is 10.6. The number of anilines is 2. The summed E-state index contributed by atoms with van der Waals surface area (Å²) in [5, 5.41) is 6.34. The predicted molar refractivity (Wildman–Crippen MR) is 148 cm³/mol. The van der Waals surface area contributed by atoms with Crippen LogP contribution in [0.1, 0.15) is 37.5 Å². The molecule has 0 unspecified atom stereocenters. The number of aromatic nitrogens is 2. The molecular weight excluding hydrogens is 494 g/mol. The van der Waals surface area contributed by atoms with Crippen molar-refractivity contribution in [2.75, 3.05) is 22.2 Å². The van der Waals surface area contributed by atoms with Gasteiger partial charge < -0.3 is 16.5 Å². The van der Waals surface area contributed by atoms with Gasteiger partial charge in [0, 0.05) is 11.4 Å². The lowest BCUT2D eigenvalue weighted by Gasteiger charge is -2.11. The lowest BCUT2D eigenvalue weighted by molar-refractivity contribution is -0.113. The maximum atomic E-state index is 13.0. The van der Waals surface area contributed by atoms with E-state index in [0.29, 0.717) is 26.3 Å². The standard InChI is InChI=1S/C26H27N5O3S2/c1-13-9-10-18(16(4)11-13)28-23(33)22-17(5)20-24(36-22)30-26(31(27)25(20)34)35-12-19(32)29-21-14(2)7-6-8-15(21)3/h6-11H,12,27H2,1-5H3,(H,28,33)(H,29,32). The van der Waals surface area contributed by atoms with Crippen LogP contribution in [-0.4, -0.2) is 27.2 Å². The van der Waals surface area contributed by atoms with Gasteiger partial charge in [-0.15, -0.1) is 11.3 Å². The van der Waals surface area contributed by atoms with Crippen molar-refractivity contribution >= 4 is 56.5 Å². The van der Waals surface area contributed by atoms with Gasteiger partial charge in [0.25, 0.3) is 11.5 Å². The molecule has 2 aromatic heterocycles. The van der Waals surface area contributed by atoms with E-state index < -0.39 is 5.56 Å². The summed E-state index contributed by atoms with van der Waals surface area (Å²) in [6.45, 7) is 9.48. The first kappa shape index (κ1) is 25.5. The van der Waals surface area contributed by atoms with Gasteiger partial charge in [0.05, 0.1) is 16.0 Å². The number of nitrogens with zero attached hydrogens (tertiary/aromatic N) is 2. The van der Waals surface area contributed by atoms with E-state index in [2.05, 4.69) is 15.6 Å². The summed E-state index contributed by atoms with van der Waals surface area (Å²) < 4.78 is 0.935.